The van der Waals surface area contributed by atoms with Crippen LogP contribution in [0, 0.1) is 0 Å². The molecule has 5 heteroatoms. The number of primary amides is 2. The number of amides is 3. The Morgan fingerprint density at radius 3 is 2.38 bits per heavy atom. The van der Waals surface area contributed by atoms with Crippen LogP contribution in [0.1, 0.15) is 5.56 Å². The molecule has 0 aliphatic carbocycles. The van der Waals surface area contributed by atoms with Gasteiger partial charge in [-0.15, -0.1) is 0 Å². The number of nitrogens with zero attached hydrogens (tertiary/aromatic N) is 1. The van der Waals surface area contributed by atoms with Crippen LogP contribution in [0.15, 0.2) is 30.5 Å². The Morgan fingerprint density at radius 1 is 1.19 bits per heavy atom. The Kier molecular flexibility index (Phi) is 2.06. The molecule has 0 radical (unpaired) electrons. The average molecular weight is 218 g/mol. The lowest BCUT2D eigenvalue weighted by Gasteiger charge is -2.21. The summed E-state index contributed by atoms with van der Waals surface area (Å²) >= 11 is 0. The molecule has 1 atom stereocenters. The highest BCUT2D eigenvalue weighted by atomic mass is 16.2. The molecular formula is C11H12N3O2+. The van der Waals surface area contributed by atoms with Gasteiger partial charge >= 0.3 is 6.03 Å². The molecule has 1 unspecified atom stereocenters. The maximum Gasteiger partial charge on any atom is 0.423 e. The Balaban J connectivity index is 2.71. The van der Waals surface area contributed by atoms with Crippen molar-refractivity contribution < 1.29 is 9.59 Å². The first-order chi connectivity index (χ1) is 7.47. The van der Waals surface area contributed by atoms with Crippen LogP contribution in [-0.4, -0.2) is 19.0 Å². The summed E-state index contributed by atoms with van der Waals surface area (Å²) in [5.41, 5.74) is 12.3. The molecule has 0 saturated carbocycles. The van der Waals surface area contributed by atoms with E-state index < -0.39 is 11.9 Å². The van der Waals surface area contributed by atoms with Gasteiger partial charge in [0, 0.05) is 6.07 Å². The number of benzene rings is 1. The fraction of sp³-hybridized carbons (Fsp3) is 0.0909. The second kappa shape index (κ2) is 3.18. The number of quaternary nitrogens is 1. The van der Waals surface area contributed by atoms with Crippen LogP contribution < -0.4 is 16.0 Å². The number of rotatable bonds is 1. The summed E-state index contributed by atoms with van der Waals surface area (Å²) in [7, 11) is 1.62. The van der Waals surface area contributed by atoms with Gasteiger partial charge in [0.15, 0.2) is 5.69 Å². The zero-order valence-electron chi connectivity index (χ0n) is 8.81. The summed E-state index contributed by atoms with van der Waals surface area (Å²) in [5, 5.41) is 0. The molecular weight excluding hydrogens is 206 g/mol. The lowest BCUT2D eigenvalue weighted by molar-refractivity contribution is -0.112. The van der Waals surface area contributed by atoms with E-state index in [4.69, 9.17) is 11.5 Å². The summed E-state index contributed by atoms with van der Waals surface area (Å²) in [6.07, 6.45) is 1.48. The van der Waals surface area contributed by atoms with E-state index in [0.29, 0.717) is 16.8 Å². The molecule has 1 aromatic carbocycles. The van der Waals surface area contributed by atoms with E-state index in [0.717, 1.165) is 0 Å². The Labute approximate surface area is 92.5 Å². The number of hydrogen-bond donors (Lipinski definition) is 2. The predicted octanol–water partition coefficient (Wildman–Crippen LogP) is 0.542. The van der Waals surface area contributed by atoms with Crippen LogP contribution in [0.4, 0.5) is 10.5 Å². The highest BCUT2D eigenvalue weighted by molar-refractivity contribution is 6.23. The van der Waals surface area contributed by atoms with Crippen molar-refractivity contribution in [3.63, 3.8) is 0 Å². The SMILES string of the molecule is C[N+]1(C(N)=O)C=C(C(N)=O)c2ccccc21. The molecule has 4 N–H and O–H groups in total. The van der Waals surface area contributed by atoms with Crippen LogP contribution in [0.5, 0.6) is 0 Å². The van der Waals surface area contributed by atoms with E-state index in [-0.39, 0.29) is 4.48 Å². The van der Waals surface area contributed by atoms with E-state index >= 15 is 0 Å². The number of urea groups is 1. The molecule has 5 nitrogen and oxygen atoms in total. The van der Waals surface area contributed by atoms with Gasteiger partial charge in [-0.3, -0.25) is 4.79 Å². The lowest BCUT2D eigenvalue weighted by Crippen LogP contribution is -2.48. The van der Waals surface area contributed by atoms with Crippen LogP contribution in [0.3, 0.4) is 0 Å². The summed E-state index contributed by atoms with van der Waals surface area (Å²) in [6.45, 7) is 0. The van der Waals surface area contributed by atoms with Crippen LogP contribution >= 0.6 is 0 Å². The molecule has 1 heterocycles. The standard InChI is InChI=1S/C11H11N3O2/c1-14(11(13)16)6-8(10(12)15)7-4-2-3-5-9(7)14/h2-6H,1H3,(H3-,12,13,15,16)/p+1. The minimum absolute atomic E-state index is 0.228. The van der Waals surface area contributed by atoms with Gasteiger partial charge in [-0.1, -0.05) is 12.1 Å². The summed E-state index contributed by atoms with van der Waals surface area (Å²) < 4.78 is -0.228. The van der Waals surface area contributed by atoms with E-state index in [9.17, 15) is 9.59 Å². The first-order valence-electron chi connectivity index (χ1n) is 4.75. The van der Waals surface area contributed by atoms with Gasteiger partial charge in [-0.25, -0.2) is 4.79 Å². The Morgan fingerprint density at radius 2 is 1.81 bits per heavy atom. The van der Waals surface area contributed by atoms with Crippen molar-refractivity contribution in [1.29, 1.82) is 0 Å². The summed E-state index contributed by atoms with van der Waals surface area (Å²) in [6, 6.07) is 6.52. The van der Waals surface area contributed by atoms with E-state index in [1.54, 1.807) is 31.3 Å². The van der Waals surface area contributed by atoms with Crippen molar-refractivity contribution >= 4 is 23.2 Å². The second-order valence-corrected chi connectivity index (χ2v) is 3.84. The number of para-hydroxylation sites is 1. The molecule has 0 spiro atoms. The van der Waals surface area contributed by atoms with Gasteiger partial charge in [0.05, 0.1) is 12.6 Å². The van der Waals surface area contributed by atoms with Crippen molar-refractivity contribution in [2.75, 3.05) is 7.05 Å². The van der Waals surface area contributed by atoms with Gasteiger partial charge < -0.3 is 11.5 Å². The molecule has 0 fully saturated rings. The number of carbonyl (C=O) groups excluding carboxylic acids is 2. The Bertz CT molecular complexity index is 522. The maximum atomic E-state index is 11.5. The first kappa shape index (κ1) is 10.4. The highest BCUT2D eigenvalue weighted by Gasteiger charge is 2.41. The van der Waals surface area contributed by atoms with Crippen LogP contribution in [0.25, 0.3) is 5.57 Å². The minimum Gasteiger partial charge on any atom is -0.365 e. The quantitative estimate of drug-likeness (QED) is 0.674. The molecule has 0 aromatic heterocycles. The molecule has 1 aromatic rings. The van der Waals surface area contributed by atoms with Gasteiger partial charge in [-0.05, 0) is 6.07 Å². The zero-order valence-corrected chi connectivity index (χ0v) is 8.81. The number of carbonyl (C=O) groups is 2. The van der Waals surface area contributed by atoms with Crippen molar-refractivity contribution in [2.45, 2.75) is 0 Å². The van der Waals surface area contributed by atoms with Crippen molar-refractivity contribution in [3.8, 4) is 0 Å². The molecule has 3 amide bonds. The van der Waals surface area contributed by atoms with Gasteiger partial charge in [-0.2, -0.15) is 4.48 Å². The fourth-order valence-electron chi connectivity index (χ4n) is 1.88. The largest absolute Gasteiger partial charge is 0.423 e. The molecule has 0 bridgehead atoms. The van der Waals surface area contributed by atoms with Crippen molar-refractivity contribution in [1.82, 2.24) is 4.48 Å². The van der Waals surface area contributed by atoms with Gasteiger partial charge in [0.25, 0.3) is 5.91 Å². The first-order valence-corrected chi connectivity index (χ1v) is 4.75. The normalized spacial score (nSPS) is 22.4. The third-order valence-electron chi connectivity index (χ3n) is 2.81. The molecule has 82 valence electrons. The molecule has 1 aliphatic heterocycles. The smallest absolute Gasteiger partial charge is 0.365 e. The van der Waals surface area contributed by atoms with Crippen LogP contribution in [0.2, 0.25) is 0 Å². The molecule has 2 rings (SSSR count). The van der Waals surface area contributed by atoms with Crippen molar-refractivity contribution in [3.05, 3.63) is 36.0 Å². The zero-order chi connectivity index (χ0) is 11.9. The number of fused-ring (bicyclic) bond motifs is 1. The monoisotopic (exact) mass is 218 g/mol. The topological polar surface area (TPSA) is 86.2 Å². The molecule has 1 aliphatic rings. The minimum atomic E-state index is -0.560. The fourth-order valence-corrected chi connectivity index (χ4v) is 1.88. The second-order valence-electron chi connectivity index (χ2n) is 3.84. The van der Waals surface area contributed by atoms with Gasteiger partial charge in [0.2, 0.25) is 0 Å². The maximum absolute atomic E-state index is 11.5. The molecule has 0 saturated heterocycles. The van der Waals surface area contributed by atoms with Crippen LogP contribution in [-0.2, 0) is 4.79 Å². The third-order valence-corrected chi connectivity index (χ3v) is 2.81. The van der Waals surface area contributed by atoms with E-state index in [2.05, 4.69) is 0 Å². The highest BCUT2D eigenvalue weighted by Crippen LogP contribution is 2.38. The van der Waals surface area contributed by atoms with Crippen molar-refractivity contribution in [2.24, 2.45) is 11.5 Å². The Hall–Kier alpha value is -2.14. The number of nitrogens with two attached hydrogens (primary N) is 2. The number of hydrogen-bond acceptors (Lipinski definition) is 2. The van der Waals surface area contributed by atoms with E-state index in [1.165, 1.54) is 6.20 Å². The average Bonchev–Trinajstić information content (AvgIpc) is 2.55. The molecule has 16 heavy (non-hydrogen) atoms. The third kappa shape index (κ3) is 1.22. The lowest BCUT2D eigenvalue weighted by atomic mass is 10.1. The summed E-state index contributed by atoms with van der Waals surface area (Å²) in [4.78, 5) is 22.7. The predicted molar refractivity (Wildman–Crippen MR) is 60.9 cm³/mol. The summed E-state index contributed by atoms with van der Waals surface area (Å²) in [5.74, 6) is -0.560. The van der Waals surface area contributed by atoms with E-state index in [1.807, 2.05) is 0 Å². The van der Waals surface area contributed by atoms with Gasteiger partial charge in [0.1, 0.15) is 11.8 Å².